The molecule has 0 saturated carbocycles. The monoisotopic (exact) mass is 339 g/mol. The SMILES string of the molecule is O=C(NCC1CCCN1)c1cn(-c2ccccc2C(F)(F)F)nn1. The number of rotatable bonds is 4. The van der Waals surface area contributed by atoms with Crippen molar-refractivity contribution in [2.75, 3.05) is 13.1 Å². The number of nitrogens with one attached hydrogen (secondary N) is 2. The molecule has 0 aliphatic carbocycles. The van der Waals surface area contributed by atoms with E-state index in [-0.39, 0.29) is 17.4 Å². The molecule has 9 heteroatoms. The Hall–Kier alpha value is -2.42. The molecular weight excluding hydrogens is 323 g/mol. The number of halogens is 3. The van der Waals surface area contributed by atoms with Crippen molar-refractivity contribution in [2.24, 2.45) is 0 Å². The highest BCUT2D eigenvalue weighted by molar-refractivity contribution is 5.91. The van der Waals surface area contributed by atoms with Crippen molar-refractivity contribution >= 4 is 5.91 Å². The summed E-state index contributed by atoms with van der Waals surface area (Å²) in [6.45, 7) is 1.37. The molecule has 2 N–H and O–H groups in total. The molecule has 1 aliphatic heterocycles. The second kappa shape index (κ2) is 6.60. The van der Waals surface area contributed by atoms with Crippen molar-refractivity contribution in [3.8, 4) is 5.69 Å². The zero-order valence-corrected chi connectivity index (χ0v) is 12.7. The molecule has 1 aliphatic rings. The highest BCUT2D eigenvalue weighted by Gasteiger charge is 2.34. The van der Waals surface area contributed by atoms with Crippen LogP contribution in [0.1, 0.15) is 28.9 Å². The molecule has 2 aromatic rings. The van der Waals surface area contributed by atoms with Crippen molar-refractivity contribution in [1.82, 2.24) is 25.6 Å². The van der Waals surface area contributed by atoms with Crippen LogP contribution in [-0.2, 0) is 6.18 Å². The van der Waals surface area contributed by atoms with Crippen molar-refractivity contribution < 1.29 is 18.0 Å². The summed E-state index contributed by atoms with van der Waals surface area (Å²) in [6.07, 6.45) is -1.28. The summed E-state index contributed by atoms with van der Waals surface area (Å²) in [5.41, 5.74) is -1.03. The quantitative estimate of drug-likeness (QED) is 0.891. The number of hydrogen-bond acceptors (Lipinski definition) is 4. The van der Waals surface area contributed by atoms with E-state index >= 15 is 0 Å². The van der Waals surface area contributed by atoms with Gasteiger partial charge in [-0.25, -0.2) is 4.68 Å². The lowest BCUT2D eigenvalue weighted by Crippen LogP contribution is -2.37. The van der Waals surface area contributed by atoms with E-state index in [9.17, 15) is 18.0 Å². The van der Waals surface area contributed by atoms with Crippen molar-refractivity contribution in [3.05, 3.63) is 41.7 Å². The first-order chi connectivity index (χ1) is 11.4. The Kier molecular flexibility index (Phi) is 4.52. The maximum atomic E-state index is 13.0. The fraction of sp³-hybridized carbons (Fsp3) is 0.400. The molecule has 1 atom stereocenters. The van der Waals surface area contributed by atoms with E-state index in [1.54, 1.807) is 0 Å². The molecule has 1 aromatic heterocycles. The lowest BCUT2D eigenvalue weighted by molar-refractivity contribution is -0.137. The lowest BCUT2D eigenvalue weighted by atomic mass is 10.1. The number of nitrogens with zero attached hydrogens (tertiary/aromatic N) is 3. The molecule has 1 aromatic carbocycles. The second-order valence-electron chi connectivity index (χ2n) is 5.57. The highest BCUT2D eigenvalue weighted by Crippen LogP contribution is 2.33. The minimum atomic E-state index is -4.51. The fourth-order valence-corrected chi connectivity index (χ4v) is 2.64. The van der Waals surface area contributed by atoms with Gasteiger partial charge in [-0.05, 0) is 31.5 Å². The standard InChI is InChI=1S/C15H16F3N5O/c16-15(17,18)11-5-1-2-6-13(11)23-9-12(21-22-23)14(24)20-8-10-4-3-7-19-10/h1-2,5-6,9-10,19H,3-4,7-8H2,(H,20,24). The maximum absolute atomic E-state index is 13.0. The molecule has 0 bridgehead atoms. The Morgan fingerprint density at radius 2 is 2.17 bits per heavy atom. The van der Waals surface area contributed by atoms with Crippen LogP contribution in [0, 0.1) is 0 Å². The molecule has 1 unspecified atom stereocenters. The van der Waals surface area contributed by atoms with E-state index < -0.39 is 17.6 Å². The molecular formula is C15H16F3N5O. The van der Waals surface area contributed by atoms with Crippen LogP contribution in [0.4, 0.5) is 13.2 Å². The summed E-state index contributed by atoms with van der Waals surface area (Å²) in [7, 11) is 0. The Bertz CT molecular complexity index is 722. The van der Waals surface area contributed by atoms with Crippen molar-refractivity contribution in [2.45, 2.75) is 25.1 Å². The van der Waals surface area contributed by atoms with Gasteiger partial charge in [0.05, 0.1) is 17.4 Å². The Labute approximate surface area is 136 Å². The summed E-state index contributed by atoms with van der Waals surface area (Å²) in [6, 6.07) is 5.22. The van der Waals surface area contributed by atoms with E-state index in [1.165, 1.54) is 24.4 Å². The normalized spacial score (nSPS) is 17.9. The van der Waals surface area contributed by atoms with Gasteiger partial charge >= 0.3 is 6.18 Å². The third-order valence-electron chi connectivity index (χ3n) is 3.85. The minimum Gasteiger partial charge on any atom is -0.349 e. The number of alkyl halides is 3. The molecule has 1 amide bonds. The molecule has 2 heterocycles. The largest absolute Gasteiger partial charge is 0.418 e. The maximum Gasteiger partial charge on any atom is 0.418 e. The van der Waals surface area contributed by atoms with Gasteiger partial charge in [-0.2, -0.15) is 13.2 Å². The van der Waals surface area contributed by atoms with Crippen LogP contribution in [0.3, 0.4) is 0 Å². The fourth-order valence-electron chi connectivity index (χ4n) is 2.64. The minimum absolute atomic E-state index is 0.0232. The van der Waals surface area contributed by atoms with Crippen LogP contribution in [0.25, 0.3) is 5.69 Å². The van der Waals surface area contributed by atoms with Gasteiger partial charge in [-0.3, -0.25) is 4.79 Å². The van der Waals surface area contributed by atoms with Crippen LogP contribution in [0.5, 0.6) is 0 Å². The van der Waals surface area contributed by atoms with Crippen LogP contribution in [-0.4, -0.2) is 40.0 Å². The Morgan fingerprint density at radius 1 is 1.38 bits per heavy atom. The summed E-state index contributed by atoms with van der Waals surface area (Å²) >= 11 is 0. The molecule has 128 valence electrons. The van der Waals surface area contributed by atoms with Gasteiger partial charge in [0.2, 0.25) is 0 Å². The average Bonchev–Trinajstić information content (AvgIpc) is 3.23. The second-order valence-corrected chi connectivity index (χ2v) is 5.57. The molecule has 24 heavy (non-hydrogen) atoms. The number of carbonyl (C=O) groups is 1. The summed E-state index contributed by atoms with van der Waals surface area (Å²) in [5.74, 6) is -0.459. The van der Waals surface area contributed by atoms with Gasteiger partial charge in [-0.1, -0.05) is 17.3 Å². The van der Waals surface area contributed by atoms with Gasteiger partial charge in [0.15, 0.2) is 5.69 Å². The first-order valence-electron chi connectivity index (χ1n) is 7.55. The van der Waals surface area contributed by atoms with E-state index in [0.717, 1.165) is 30.1 Å². The summed E-state index contributed by atoms with van der Waals surface area (Å²) < 4.78 is 40.1. The van der Waals surface area contributed by atoms with Gasteiger partial charge in [0, 0.05) is 12.6 Å². The van der Waals surface area contributed by atoms with Gasteiger partial charge in [0.1, 0.15) is 0 Å². The van der Waals surface area contributed by atoms with Gasteiger partial charge in [-0.15, -0.1) is 5.10 Å². The first kappa shape index (κ1) is 16.4. The van der Waals surface area contributed by atoms with Crippen molar-refractivity contribution in [1.29, 1.82) is 0 Å². The van der Waals surface area contributed by atoms with Gasteiger partial charge in [0.25, 0.3) is 5.91 Å². The van der Waals surface area contributed by atoms with Crippen LogP contribution in [0.15, 0.2) is 30.5 Å². The van der Waals surface area contributed by atoms with Crippen LogP contribution in [0.2, 0.25) is 0 Å². The molecule has 1 fully saturated rings. The number of para-hydroxylation sites is 1. The predicted molar refractivity (Wildman–Crippen MR) is 79.7 cm³/mol. The van der Waals surface area contributed by atoms with Crippen LogP contribution >= 0.6 is 0 Å². The molecule has 3 rings (SSSR count). The van der Waals surface area contributed by atoms with E-state index in [2.05, 4.69) is 20.9 Å². The number of carbonyl (C=O) groups excluding carboxylic acids is 1. The van der Waals surface area contributed by atoms with E-state index in [4.69, 9.17) is 0 Å². The lowest BCUT2D eigenvalue weighted by Gasteiger charge is -2.11. The van der Waals surface area contributed by atoms with Gasteiger partial charge < -0.3 is 10.6 Å². The molecule has 0 spiro atoms. The topological polar surface area (TPSA) is 71.8 Å². The Balaban J connectivity index is 1.75. The molecule has 6 nitrogen and oxygen atoms in total. The number of amides is 1. The highest BCUT2D eigenvalue weighted by atomic mass is 19.4. The zero-order valence-electron chi connectivity index (χ0n) is 12.7. The Morgan fingerprint density at radius 3 is 2.88 bits per heavy atom. The molecule has 1 saturated heterocycles. The average molecular weight is 339 g/mol. The predicted octanol–water partition coefficient (Wildman–Crippen LogP) is 1.77. The third-order valence-corrected chi connectivity index (χ3v) is 3.85. The number of benzene rings is 1. The van der Waals surface area contributed by atoms with E-state index in [1.807, 2.05) is 0 Å². The summed E-state index contributed by atoms with van der Waals surface area (Å²) in [4.78, 5) is 12.1. The number of hydrogen-bond donors (Lipinski definition) is 2. The van der Waals surface area contributed by atoms with Crippen molar-refractivity contribution in [3.63, 3.8) is 0 Å². The first-order valence-corrected chi connectivity index (χ1v) is 7.55. The van der Waals surface area contributed by atoms with E-state index in [0.29, 0.717) is 6.54 Å². The zero-order chi connectivity index (χ0) is 17.2. The number of aromatic nitrogens is 3. The van der Waals surface area contributed by atoms with Crippen LogP contribution < -0.4 is 10.6 Å². The molecule has 0 radical (unpaired) electrons. The smallest absolute Gasteiger partial charge is 0.349 e. The third kappa shape index (κ3) is 3.56. The summed E-state index contributed by atoms with van der Waals surface area (Å²) in [5, 5.41) is 13.3.